The van der Waals surface area contributed by atoms with Gasteiger partial charge in [0.05, 0.1) is 10.5 Å². The minimum Gasteiger partial charge on any atom is -0.429 e. The second-order valence-corrected chi connectivity index (χ2v) is 5.78. The van der Waals surface area contributed by atoms with Gasteiger partial charge in [-0.1, -0.05) is 40.2 Å². The number of aryl methyl sites for hydroxylation is 2. The Kier molecular flexibility index (Phi) is 5.92. The standard InChI is InChI=1S/C17H16BrNO5/c1-11-7-13(9-18)8-12(2)16(11)24-17(20)23-10-14-5-3-4-6-15(14)19(21)22/h3-8H,9-10H2,1-2H3. The molecule has 24 heavy (non-hydrogen) atoms. The molecule has 0 amide bonds. The summed E-state index contributed by atoms with van der Waals surface area (Å²) < 4.78 is 10.3. The summed E-state index contributed by atoms with van der Waals surface area (Å²) in [5.41, 5.74) is 2.91. The van der Waals surface area contributed by atoms with E-state index >= 15 is 0 Å². The first-order valence-electron chi connectivity index (χ1n) is 7.15. The predicted molar refractivity (Wildman–Crippen MR) is 92.5 cm³/mol. The number of carbonyl (C=O) groups is 1. The fourth-order valence-corrected chi connectivity index (χ4v) is 2.66. The SMILES string of the molecule is Cc1cc(CBr)cc(C)c1OC(=O)OCc1ccccc1[N+](=O)[O-]. The van der Waals surface area contributed by atoms with Crippen LogP contribution in [-0.2, 0) is 16.7 Å². The van der Waals surface area contributed by atoms with Gasteiger partial charge in [-0.05, 0) is 36.6 Å². The lowest BCUT2D eigenvalue weighted by atomic mass is 10.1. The van der Waals surface area contributed by atoms with Crippen LogP contribution in [-0.4, -0.2) is 11.1 Å². The fraction of sp³-hybridized carbons (Fsp3) is 0.235. The third-order valence-electron chi connectivity index (χ3n) is 3.39. The molecule has 0 aliphatic carbocycles. The molecule has 0 spiro atoms. The van der Waals surface area contributed by atoms with Crippen LogP contribution in [0, 0.1) is 24.0 Å². The van der Waals surface area contributed by atoms with Crippen molar-refractivity contribution in [1.29, 1.82) is 0 Å². The highest BCUT2D eigenvalue weighted by atomic mass is 79.9. The molecule has 2 rings (SSSR count). The van der Waals surface area contributed by atoms with Crippen LogP contribution >= 0.6 is 15.9 Å². The monoisotopic (exact) mass is 393 g/mol. The van der Waals surface area contributed by atoms with Gasteiger partial charge < -0.3 is 9.47 Å². The van der Waals surface area contributed by atoms with Gasteiger partial charge >= 0.3 is 6.16 Å². The molecule has 0 unspecified atom stereocenters. The number of nitro groups is 1. The Morgan fingerprint density at radius 2 is 1.83 bits per heavy atom. The Labute approximate surface area is 147 Å². The van der Waals surface area contributed by atoms with Crippen LogP contribution in [0.4, 0.5) is 10.5 Å². The zero-order valence-electron chi connectivity index (χ0n) is 13.2. The number of nitro benzene ring substituents is 1. The van der Waals surface area contributed by atoms with Crippen LogP contribution in [0.25, 0.3) is 0 Å². The number of para-hydroxylation sites is 1. The fourth-order valence-electron chi connectivity index (χ4n) is 2.34. The molecule has 126 valence electrons. The van der Waals surface area contributed by atoms with E-state index in [9.17, 15) is 14.9 Å². The third-order valence-corrected chi connectivity index (χ3v) is 4.04. The molecule has 6 nitrogen and oxygen atoms in total. The van der Waals surface area contributed by atoms with Crippen molar-refractivity contribution in [3.8, 4) is 5.75 Å². The van der Waals surface area contributed by atoms with Crippen molar-refractivity contribution in [2.24, 2.45) is 0 Å². The molecule has 0 radical (unpaired) electrons. The number of carbonyl (C=O) groups excluding carboxylic acids is 1. The zero-order chi connectivity index (χ0) is 17.7. The van der Waals surface area contributed by atoms with Crippen molar-refractivity contribution in [2.75, 3.05) is 0 Å². The number of hydrogen-bond acceptors (Lipinski definition) is 5. The Balaban J connectivity index is 2.06. The van der Waals surface area contributed by atoms with Gasteiger partial charge in [0.25, 0.3) is 5.69 Å². The van der Waals surface area contributed by atoms with Crippen LogP contribution in [0.1, 0.15) is 22.3 Å². The highest BCUT2D eigenvalue weighted by Crippen LogP contribution is 2.26. The van der Waals surface area contributed by atoms with E-state index < -0.39 is 11.1 Å². The van der Waals surface area contributed by atoms with E-state index in [2.05, 4.69) is 15.9 Å². The summed E-state index contributed by atoms with van der Waals surface area (Å²) in [5.74, 6) is 0.437. The number of halogens is 1. The molecular formula is C17H16BrNO5. The minimum absolute atomic E-state index is 0.0978. The number of nitrogens with zero attached hydrogens (tertiary/aromatic N) is 1. The lowest BCUT2D eigenvalue weighted by molar-refractivity contribution is -0.385. The number of hydrogen-bond donors (Lipinski definition) is 0. The van der Waals surface area contributed by atoms with Gasteiger partial charge in [0, 0.05) is 11.4 Å². The van der Waals surface area contributed by atoms with Gasteiger partial charge in [-0.15, -0.1) is 0 Å². The van der Waals surface area contributed by atoms with Crippen molar-refractivity contribution < 1.29 is 19.2 Å². The highest BCUT2D eigenvalue weighted by molar-refractivity contribution is 9.08. The summed E-state index contributed by atoms with van der Waals surface area (Å²) in [6.07, 6.45) is -0.897. The quantitative estimate of drug-likeness (QED) is 0.239. The molecule has 0 atom stereocenters. The predicted octanol–water partition coefficient (Wildman–Crippen LogP) is 4.82. The van der Waals surface area contributed by atoms with E-state index in [1.807, 2.05) is 26.0 Å². The van der Waals surface area contributed by atoms with E-state index in [0.29, 0.717) is 16.6 Å². The Morgan fingerprint density at radius 3 is 2.42 bits per heavy atom. The number of benzene rings is 2. The lowest BCUT2D eigenvalue weighted by Crippen LogP contribution is -2.12. The Morgan fingerprint density at radius 1 is 1.21 bits per heavy atom. The summed E-state index contributed by atoms with van der Waals surface area (Å²) in [7, 11) is 0. The van der Waals surface area contributed by atoms with Crippen LogP contribution in [0.2, 0.25) is 0 Å². The Bertz CT molecular complexity index is 752. The van der Waals surface area contributed by atoms with E-state index in [1.165, 1.54) is 12.1 Å². The third kappa shape index (κ3) is 4.32. The van der Waals surface area contributed by atoms with Gasteiger partial charge in [-0.3, -0.25) is 10.1 Å². The normalized spacial score (nSPS) is 10.3. The molecule has 0 saturated heterocycles. The second-order valence-electron chi connectivity index (χ2n) is 5.22. The largest absolute Gasteiger partial charge is 0.514 e. The molecule has 0 aliphatic rings. The zero-order valence-corrected chi connectivity index (χ0v) is 14.8. The maximum Gasteiger partial charge on any atom is 0.514 e. The summed E-state index contributed by atoms with van der Waals surface area (Å²) in [5, 5.41) is 11.6. The molecule has 0 aliphatic heterocycles. The summed E-state index contributed by atoms with van der Waals surface area (Å²) in [6.45, 7) is 3.45. The molecule has 0 bridgehead atoms. The van der Waals surface area contributed by atoms with E-state index in [1.54, 1.807) is 12.1 Å². The van der Waals surface area contributed by atoms with E-state index in [-0.39, 0.29) is 12.3 Å². The first-order valence-corrected chi connectivity index (χ1v) is 8.27. The van der Waals surface area contributed by atoms with Crippen molar-refractivity contribution in [3.05, 3.63) is 68.8 Å². The summed E-state index contributed by atoms with van der Waals surface area (Å²) in [4.78, 5) is 22.3. The molecule has 0 aromatic heterocycles. The van der Waals surface area contributed by atoms with Gasteiger partial charge in [-0.2, -0.15) is 0 Å². The molecule has 2 aromatic carbocycles. The first kappa shape index (κ1) is 17.9. The maximum absolute atomic E-state index is 11.9. The average molecular weight is 394 g/mol. The van der Waals surface area contributed by atoms with Gasteiger partial charge in [0.2, 0.25) is 0 Å². The van der Waals surface area contributed by atoms with Gasteiger partial charge in [0.1, 0.15) is 12.4 Å². The molecule has 2 aromatic rings. The summed E-state index contributed by atoms with van der Waals surface area (Å²) >= 11 is 3.38. The van der Waals surface area contributed by atoms with Crippen molar-refractivity contribution in [2.45, 2.75) is 25.8 Å². The average Bonchev–Trinajstić information content (AvgIpc) is 2.56. The number of alkyl halides is 1. The number of rotatable bonds is 5. The molecule has 0 fully saturated rings. The molecular weight excluding hydrogens is 378 g/mol. The molecule has 0 heterocycles. The van der Waals surface area contributed by atoms with E-state index in [4.69, 9.17) is 9.47 Å². The summed E-state index contributed by atoms with van der Waals surface area (Å²) in [6, 6.07) is 9.91. The highest BCUT2D eigenvalue weighted by Gasteiger charge is 2.16. The number of ether oxygens (including phenoxy) is 2. The second kappa shape index (κ2) is 7.92. The van der Waals surface area contributed by atoms with Crippen LogP contribution < -0.4 is 4.74 Å². The van der Waals surface area contributed by atoms with Crippen molar-refractivity contribution in [1.82, 2.24) is 0 Å². The van der Waals surface area contributed by atoms with Gasteiger partial charge in [-0.25, -0.2) is 4.79 Å². The molecule has 7 heteroatoms. The van der Waals surface area contributed by atoms with Gasteiger partial charge in [0.15, 0.2) is 0 Å². The molecule has 0 saturated carbocycles. The first-order chi connectivity index (χ1) is 11.4. The lowest BCUT2D eigenvalue weighted by Gasteiger charge is -2.12. The maximum atomic E-state index is 11.9. The van der Waals surface area contributed by atoms with E-state index in [0.717, 1.165) is 16.7 Å². The van der Waals surface area contributed by atoms with Crippen LogP contribution in [0.3, 0.4) is 0 Å². The smallest absolute Gasteiger partial charge is 0.429 e. The van der Waals surface area contributed by atoms with Crippen molar-refractivity contribution >= 4 is 27.8 Å². The topological polar surface area (TPSA) is 78.7 Å². The molecule has 0 N–H and O–H groups in total. The van der Waals surface area contributed by atoms with Crippen molar-refractivity contribution in [3.63, 3.8) is 0 Å². The Hall–Kier alpha value is -2.41. The minimum atomic E-state index is -0.897. The van der Waals surface area contributed by atoms with Crippen LogP contribution in [0.5, 0.6) is 5.75 Å². The van der Waals surface area contributed by atoms with Crippen LogP contribution in [0.15, 0.2) is 36.4 Å².